The molecule has 0 aliphatic rings. The Kier molecular flexibility index (Phi) is 4.66. The SMILES string of the molecule is Cn1ncc(C(=O)O)c1C(=O)Nc1cccc(Cn2cc(Br)cn2)c1. The van der Waals surface area contributed by atoms with Crippen molar-refractivity contribution in [2.45, 2.75) is 6.54 Å². The predicted octanol–water partition coefficient (Wildman–Crippen LogP) is 2.38. The summed E-state index contributed by atoms with van der Waals surface area (Å²) in [6.07, 6.45) is 4.70. The number of nitrogens with zero attached hydrogens (tertiary/aromatic N) is 4. The molecule has 3 rings (SSSR count). The molecule has 0 radical (unpaired) electrons. The van der Waals surface area contributed by atoms with Gasteiger partial charge in [0.25, 0.3) is 5.91 Å². The summed E-state index contributed by atoms with van der Waals surface area (Å²) in [6.45, 7) is 0.543. The third-order valence-corrected chi connectivity index (χ3v) is 3.92. The van der Waals surface area contributed by atoms with Crippen LogP contribution in [-0.4, -0.2) is 36.5 Å². The van der Waals surface area contributed by atoms with Crippen molar-refractivity contribution in [3.8, 4) is 0 Å². The first kappa shape index (κ1) is 16.9. The summed E-state index contributed by atoms with van der Waals surface area (Å²) in [6, 6.07) is 7.27. The van der Waals surface area contributed by atoms with Gasteiger partial charge in [0.1, 0.15) is 11.3 Å². The van der Waals surface area contributed by atoms with E-state index in [0.717, 1.165) is 16.2 Å². The van der Waals surface area contributed by atoms with Gasteiger partial charge in [-0.3, -0.25) is 14.2 Å². The molecule has 25 heavy (non-hydrogen) atoms. The van der Waals surface area contributed by atoms with Crippen LogP contribution in [0, 0.1) is 0 Å². The Morgan fingerprint density at radius 1 is 1.28 bits per heavy atom. The molecule has 2 N–H and O–H groups in total. The second-order valence-corrected chi connectivity index (χ2v) is 6.26. The van der Waals surface area contributed by atoms with E-state index in [-0.39, 0.29) is 11.3 Å². The average Bonchev–Trinajstić information content (AvgIpc) is 3.13. The van der Waals surface area contributed by atoms with Crippen LogP contribution in [0.25, 0.3) is 0 Å². The fourth-order valence-corrected chi connectivity index (χ4v) is 2.74. The molecule has 0 aliphatic heterocycles. The smallest absolute Gasteiger partial charge is 0.339 e. The quantitative estimate of drug-likeness (QED) is 0.680. The van der Waals surface area contributed by atoms with Crippen molar-refractivity contribution in [2.75, 3.05) is 5.32 Å². The lowest BCUT2D eigenvalue weighted by atomic mass is 10.2. The van der Waals surface area contributed by atoms with Crippen molar-refractivity contribution in [1.29, 1.82) is 0 Å². The molecule has 3 aromatic rings. The number of halogens is 1. The number of hydrogen-bond donors (Lipinski definition) is 2. The molecule has 0 saturated heterocycles. The summed E-state index contributed by atoms with van der Waals surface area (Å²) in [5.41, 5.74) is 1.36. The minimum absolute atomic E-state index is 0.00564. The number of amides is 1. The maximum absolute atomic E-state index is 12.4. The highest BCUT2D eigenvalue weighted by atomic mass is 79.9. The third-order valence-electron chi connectivity index (χ3n) is 3.52. The topological polar surface area (TPSA) is 102 Å². The molecule has 0 bridgehead atoms. The maximum Gasteiger partial charge on any atom is 0.339 e. The molecule has 2 heterocycles. The van der Waals surface area contributed by atoms with E-state index in [9.17, 15) is 9.59 Å². The molecule has 2 aromatic heterocycles. The number of carbonyl (C=O) groups is 2. The molecule has 0 atom stereocenters. The molecule has 0 spiro atoms. The van der Waals surface area contributed by atoms with E-state index in [0.29, 0.717) is 12.2 Å². The summed E-state index contributed by atoms with van der Waals surface area (Å²) < 4.78 is 3.88. The van der Waals surface area contributed by atoms with Gasteiger partial charge in [0.15, 0.2) is 0 Å². The summed E-state index contributed by atoms with van der Waals surface area (Å²) in [4.78, 5) is 23.6. The van der Waals surface area contributed by atoms with Gasteiger partial charge in [0, 0.05) is 18.9 Å². The molecule has 0 aliphatic carbocycles. The molecule has 0 unspecified atom stereocenters. The van der Waals surface area contributed by atoms with Crippen LogP contribution in [0.3, 0.4) is 0 Å². The zero-order valence-corrected chi connectivity index (χ0v) is 14.8. The number of aryl methyl sites for hydroxylation is 1. The largest absolute Gasteiger partial charge is 0.478 e. The van der Waals surface area contributed by atoms with Crippen molar-refractivity contribution >= 4 is 33.5 Å². The fourth-order valence-electron chi connectivity index (χ4n) is 2.41. The van der Waals surface area contributed by atoms with Crippen molar-refractivity contribution in [2.24, 2.45) is 7.05 Å². The van der Waals surface area contributed by atoms with Crippen LogP contribution in [0.4, 0.5) is 5.69 Å². The standard InChI is InChI=1S/C16H14BrN5O3/c1-21-14(13(7-18-21)16(24)25)15(23)20-12-4-2-3-10(5-12)8-22-9-11(17)6-19-22/h2-7,9H,8H2,1H3,(H,20,23)(H,24,25). The number of hydrogen-bond acceptors (Lipinski definition) is 4. The summed E-state index contributed by atoms with van der Waals surface area (Å²) in [5, 5.41) is 19.9. The van der Waals surface area contributed by atoms with E-state index in [1.807, 2.05) is 24.4 Å². The highest BCUT2D eigenvalue weighted by Gasteiger charge is 2.21. The third kappa shape index (κ3) is 3.77. The van der Waals surface area contributed by atoms with Gasteiger partial charge in [-0.15, -0.1) is 0 Å². The number of nitrogens with one attached hydrogen (secondary N) is 1. The van der Waals surface area contributed by atoms with Crippen LogP contribution in [0.1, 0.15) is 26.4 Å². The monoisotopic (exact) mass is 403 g/mol. The number of anilines is 1. The van der Waals surface area contributed by atoms with Crippen LogP contribution in [0.5, 0.6) is 0 Å². The van der Waals surface area contributed by atoms with E-state index in [1.54, 1.807) is 16.9 Å². The Hall–Kier alpha value is -2.94. The minimum atomic E-state index is -1.20. The Morgan fingerprint density at radius 3 is 2.76 bits per heavy atom. The number of carboxylic acid groups (broad SMARTS) is 1. The molecule has 0 fully saturated rings. The molecule has 8 nitrogen and oxygen atoms in total. The van der Waals surface area contributed by atoms with Crippen molar-refractivity contribution < 1.29 is 14.7 Å². The van der Waals surface area contributed by atoms with Gasteiger partial charge >= 0.3 is 5.97 Å². The van der Waals surface area contributed by atoms with Crippen LogP contribution in [0.2, 0.25) is 0 Å². The van der Waals surface area contributed by atoms with Gasteiger partial charge in [-0.1, -0.05) is 12.1 Å². The Labute approximate surface area is 151 Å². The van der Waals surface area contributed by atoms with E-state index in [1.165, 1.54) is 11.7 Å². The van der Waals surface area contributed by atoms with Crippen molar-refractivity contribution in [3.63, 3.8) is 0 Å². The molecule has 128 valence electrons. The summed E-state index contributed by atoms with van der Waals surface area (Å²) in [7, 11) is 1.52. The van der Waals surface area contributed by atoms with Gasteiger partial charge in [-0.2, -0.15) is 10.2 Å². The molecule has 0 saturated carbocycles. The molecule has 1 aromatic carbocycles. The van der Waals surface area contributed by atoms with Crippen LogP contribution >= 0.6 is 15.9 Å². The first-order valence-corrected chi connectivity index (χ1v) is 8.07. The number of aromatic nitrogens is 4. The van der Waals surface area contributed by atoms with Crippen LogP contribution in [-0.2, 0) is 13.6 Å². The fraction of sp³-hybridized carbons (Fsp3) is 0.125. The Balaban J connectivity index is 1.79. The summed E-state index contributed by atoms with van der Waals surface area (Å²) >= 11 is 3.34. The van der Waals surface area contributed by atoms with Gasteiger partial charge in [0.2, 0.25) is 0 Å². The van der Waals surface area contributed by atoms with Gasteiger partial charge in [-0.05, 0) is 33.6 Å². The lowest BCUT2D eigenvalue weighted by Gasteiger charge is -2.09. The maximum atomic E-state index is 12.4. The molecule has 1 amide bonds. The van der Waals surface area contributed by atoms with E-state index in [4.69, 9.17) is 5.11 Å². The van der Waals surface area contributed by atoms with E-state index in [2.05, 4.69) is 31.4 Å². The van der Waals surface area contributed by atoms with Crippen LogP contribution < -0.4 is 5.32 Å². The summed E-state index contributed by atoms with van der Waals surface area (Å²) in [5.74, 6) is -1.73. The van der Waals surface area contributed by atoms with Crippen LogP contribution in [0.15, 0.2) is 47.3 Å². The van der Waals surface area contributed by atoms with E-state index >= 15 is 0 Å². The number of carbonyl (C=O) groups excluding carboxylic acids is 1. The molecular weight excluding hydrogens is 390 g/mol. The zero-order chi connectivity index (χ0) is 18.0. The van der Waals surface area contributed by atoms with E-state index < -0.39 is 11.9 Å². The average molecular weight is 404 g/mol. The number of rotatable bonds is 5. The predicted molar refractivity (Wildman–Crippen MR) is 93.6 cm³/mol. The minimum Gasteiger partial charge on any atom is -0.478 e. The van der Waals surface area contributed by atoms with Crippen molar-refractivity contribution in [3.05, 3.63) is 64.1 Å². The molecular formula is C16H14BrN5O3. The molecule has 9 heteroatoms. The van der Waals surface area contributed by atoms with Crippen molar-refractivity contribution in [1.82, 2.24) is 19.6 Å². The number of aromatic carboxylic acids is 1. The zero-order valence-electron chi connectivity index (χ0n) is 13.2. The van der Waals surface area contributed by atoms with Gasteiger partial charge in [0.05, 0.1) is 23.4 Å². The number of benzene rings is 1. The van der Waals surface area contributed by atoms with Gasteiger partial charge in [-0.25, -0.2) is 4.79 Å². The first-order valence-electron chi connectivity index (χ1n) is 7.27. The highest BCUT2D eigenvalue weighted by Crippen LogP contribution is 2.16. The second kappa shape index (κ2) is 6.89. The first-order chi connectivity index (χ1) is 11.9. The second-order valence-electron chi connectivity index (χ2n) is 5.35. The van der Waals surface area contributed by atoms with Gasteiger partial charge < -0.3 is 10.4 Å². The normalized spacial score (nSPS) is 10.6. The highest BCUT2D eigenvalue weighted by molar-refractivity contribution is 9.10. The lowest BCUT2D eigenvalue weighted by Crippen LogP contribution is -2.19. The Bertz CT molecular complexity index is 947. The Morgan fingerprint density at radius 2 is 2.08 bits per heavy atom. The number of carboxylic acids is 1. The lowest BCUT2D eigenvalue weighted by molar-refractivity contribution is 0.0692.